The van der Waals surface area contributed by atoms with Crippen molar-refractivity contribution in [3.05, 3.63) is 59.4 Å². The van der Waals surface area contributed by atoms with Gasteiger partial charge in [0, 0.05) is 16.4 Å². The topological polar surface area (TPSA) is 119 Å². The molecule has 3 rings (SSSR count). The molecule has 9 nitrogen and oxygen atoms in total. The first-order valence-electron chi connectivity index (χ1n) is 7.24. The highest BCUT2D eigenvalue weighted by molar-refractivity contribution is 7.92. The summed E-state index contributed by atoms with van der Waals surface area (Å²) in [7, 11) is -3.37. The molecule has 0 spiro atoms. The van der Waals surface area contributed by atoms with Crippen LogP contribution in [-0.4, -0.2) is 40.8 Å². The molecule has 0 fully saturated rings. The number of tetrazole rings is 1. The smallest absolute Gasteiger partial charge is 0.257 e. The highest BCUT2D eigenvalue weighted by Gasteiger charge is 2.15. The summed E-state index contributed by atoms with van der Waals surface area (Å²) in [5, 5.41) is 14.0. The quantitative estimate of drug-likeness (QED) is 0.684. The van der Waals surface area contributed by atoms with Crippen LogP contribution in [0.1, 0.15) is 10.4 Å². The van der Waals surface area contributed by atoms with Crippen LogP contribution in [0.2, 0.25) is 5.02 Å². The third-order valence-electron chi connectivity index (χ3n) is 3.25. The molecule has 0 atom stereocenters. The minimum Gasteiger partial charge on any atom is -0.322 e. The van der Waals surface area contributed by atoms with Crippen LogP contribution in [0.5, 0.6) is 0 Å². The van der Waals surface area contributed by atoms with E-state index in [0.29, 0.717) is 22.1 Å². The number of nitrogens with one attached hydrogen (secondary N) is 2. The lowest BCUT2D eigenvalue weighted by Crippen LogP contribution is -2.15. The number of hydrogen-bond donors (Lipinski definition) is 2. The van der Waals surface area contributed by atoms with Crippen LogP contribution >= 0.6 is 11.6 Å². The van der Waals surface area contributed by atoms with Crippen molar-refractivity contribution in [2.75, 3.05) is 16.3 Å². The summed E-state index contributed by atoms with van der Waals surface area (Å²) in [5.41, 5.74) is 1.62. The van der Waals surface area contributed by atoms with Gasteiger partial charge in [-0.25, -0.2) is 8.42 Å². The SMILES string of the molecule is CS(=O)(=O)Nc1ccc(NC(=O)c2cc(Cl)ccc2-n2cnnn2)cc1. The Hall–Kier alpha value is -2.98. The van der Waals surface area contributed by atoms with E-state index in [-0.39, 0.29) is 5.56 Å². The average Bonchev–Trinajstić information content (AvgIpc) is 3.09. The Balaban J connectivity index is 1.83. The number of carbonyl (C=O) groups is 1. The van der Waals surface area contributed by atoms with Gasteiger partial charge in [-0.3, -0.25) is 9.52 Å². The molecule has 26 heavy (non-hydrogen) atoms. The van der Waals surface area contributed by atoms with E-state index in [2.05, 4.69) is 25.6 Å². The van der Waals surface area contributed by atoms with E-state index in [1.165, 1.54) is 29.2 Å². The van der Waals surface area contributed by atoms with Crippen molar-refractivity contribution in [3.8, 4) is 5.69 Å². The number of amides is 1. The van der Waals surface area contributed by atoms with Crippen molar-refractivity contribution in [1.82, 2.24) is 20.2 Å². The standard InChI is InChI=1S/C15H13ClN6O3S/c1-26(24,25)19-12-5-3-11(4-6-12)18-15(23)13-8-10(16)2-7-14(13)22-9-17-20-21-22/h2-9,19H,1H3,(H,18,23). The van der Waals surface area contributed by atoms with Crippen molar-refractivity contribution in [2.24, 2.45) is 0 Å². The molecule has 134 valence electrons. The number of rotatable bonds is 5. The lowest BCUT2D eigenvalue weighted by Gasteiger charge is -2.11. The first kappa shape index (κ1) is 17.8. The van der Waals surface area contributed by atoms with E-state index in [0.717, 1.165) is 6.26 Å². The summed E-state index contributed by atoms with van der Waals surface area (Å²) in [6, 6.07) is 11.0. The zero-order valence-electron chi connectivity index (χ0n) is 13.4. The molecule has 2 N–H and O–H groups in total. The highest BCUT2D eigenvalue weighted by Crippen LogP contribution is 2.21. The minimum absolute atomic E-state index is 0.281. The van der Waals surface area contributed by atoms with Gasteiger partial charge in [0.25, 0.3) is 5.91 Å². The number of carbonyl (C=O) groups excluding carboxylic acids is 1. The third kappa shape index (κ3) is 4.35. The van der Waals surface area contributed by atoms with Gasteiger partial charge >= 0.3 is 0 Å². The van der Waals surface area contributed by atoms with E-state index in [1.807, 2.05) is 0 Å². The van der Waals surface area contributed by atoms with Gasteiger partial charge in [-0.15, -0.1) is 5.10 Å². The molecule has 0 saturated heterocycles. The van der Waals surface area contributed by atoms with Gasteiger partial charge in [0.05, 0.1) is 17.5 Å². The highest BCUT2D eigenvalue weighted by atomic mass is 35.5. The van der Waals surface area contributed by atoms with Gasteiger partial charge < -0.3 is 5.32 Å². The second kappa shape index (κ2) is 7.10. The number of benzene rings is 2. The summed E-state index contributed by atoms with van der Waals surface area (Å²) < 4.78 is 26.1. The van der Waals surface area contributed by atoms with Gasteiger partial charge in [-0.1, -0.05) is 11.6 Å². The molecule has 1 heterocycles. The molecular weight excluding hydrogens is 380 g/mol. The first-order chi connectivity index (χ1) is 12.3. The third-order valence-corrected chi connectivity index (χ3v) is 4.09. The zero-order valence-corrected chi connectivity index (χ0v) is 15.0. The molecule has 1 amide bonds. The van der Waals surface area contributed by atoms with Crippen LogP contribution in [0, 0.1) is 0 Å². The van der Waals surface area contributed by atoms with Crippen LogP contribution in [0.3, 0.4) is 0 Å². The van der Waals surface area contributed by atoms with Gasteiger partial charge in [-0.05, 0) is 52.9 Å². The molecule has 3 aromatic rings. The van der Waals surface area contributed by atoms with Crippen molar-refractivity contribution >= 4 is 38.9 Å². The Bertz CT molecular complexity index is 1040. The summed E-state index contributed by atoms with van der Waals surface area (Å²) in [6.45, 7) is 0. The predicted molar refractivity (Wildman–Crippen MR) is 97.0 cm³/mol. The molecule has 1 aromatic heterocycles. The summed E-state index contributed by atoms with van der Waals surface area (Å²) in [5.74, 6) is -0.415. The number of sulfonamides is 1. The van der Waals surface area contributed by atoms with E-state index in [4.69, 9.17) is 11.6 Å². The first-order valence-corrected chi connectivity index (χ1v) is 9.51. The number of anilines is 2. The molecular formula is C15H13ClN6O3S. The summed E-state index contributed by atoms with van der Waals surface area (Å²) >= 11 is 6.00. The average molecular weight is 393 g/mol. The maximum Gasteiger partial charge on any atom is 0.257 e. The van der Waals surface area contributed by atoms with E-state index >= 15 is 0 Å². The van der Waals surface area contributed by atoms with Crippen molar-refractivity contribution in [1.29, 1.82) is 0 Å². The van der Waals surface area contributed by atoms with Gasteiger partial charge in [0.15, 0.2) is 0 Å². The van der Waals surface area contributed by atoms with Crippen molar-refractivity contribution in [2.45, 2.75) is 0 Å². The monoisotopic (exact) mass is 392 g/mol. The molecule has 0 aliphatic rings. The molecule has 11 heteroatoms. The van der Waals surface area contributed by atoms with Crippen LogP contribution in [0.25, 0.3) is 5.69 Å². The number of halogens is 1. The van der Waals surface area contributed by atoms with Gasteiger partial charge in [0.1, 0.15) is 6.33 Å². The molecule has 0 saturated carbocycles. The van der Waals surface area contributed by atoms with Crippen LogP contribution in [0.4, 0.5) is 11.4 Å². The second-order valence-electron chi connectivity index (χ2n) is 5.32. The molecule has 2 aromatic carbocycles. The number of aromatic nitrogens is 4. The predicted octanol–water partition coefficient (Wildman–Crippen LogP) is 1.94. The number of nitrogens with zero attached hydrogens (tertiary/aromatic N) is 4. The van der Waals surface area contributed by atoms with Crippen molar-refractivity contribution in [3.63, 3.8) is 0 Å². The Morgan fingerprint density at radius 3 is 2.42 bits per heavy atom. The maximum absolute atomic E-state index is 12.6. The number of hydrogen-bond acceptors (Lipinski definition) is 6. The molecule has 0 radical (unpaired) electrons. The fraction of sp³-hybridized carbons (Fsp3) is 0.0667. The van der Waals surface area contributed by atoms with Gasteiger partial charge in [-0.2, -0.15) is 4.68 Å². The molecule has 0 aliphatic carbocycles. The van der Waals surface area contributed by atoms with E-state index < -0.39 is 15.9 Å². The summed E-state index contributed by atoms with van der Waals surface area (Å²) in [4.78, 5) is 12.6. The second-order valence-corrected chi connectivity index (χ2v) is 7.51. The fourth-order valence-electron chi connectivity index (χ4n) is 2.20. The lowest BCUT2D eigenvalue weighted by molar-refractivity contribution is 0.102. The molecule has 0 aliphatic heterocycles. The largest absolute Gasteiger partial charge is 0.322 e. The molecule has 0 bridgehead atoms. The Morgan fingerprint density at radius 2 is 1.81 bits per heavy atom. The molecule has 0 unspecified atom stereocenters. The fourth-order valence-corrected chi connectivity index (χ4v) is 2.93. The van der Waals surface area contributed by atoms with E-state index in [9.17, 15) is 13.2 Å². The maximum atomic E-state index is 12.6. The Labute approximate surface area is 154 Å². The Morgan fingerprint density at radius 1 is 1.12 bits per heavy atom. The zero-order chi connectivity index (χ0) is 18.7. The van der Waals surface area contributed by atoms with Crippen LogP contribution < -0.4 is 10.0 Å². The summed E-state index contributed by atoms with van der Waals surface area (Å²) in [6.07, 6.45) is 2.42. The van der Waals surface area contributed by atoms with Gasteiger partial charge in [0.2, 0.25) is 10.0 Å². The van der Waals surface area contributed by atoms with Crippen molar-refractivity contribution < 1.29 is 13.2 Å². The van der Waals surface area contributed by atoms with Crippen LogP contribution in [-0.2, 0) is 10.0 Å². The minimum atomic E-state index is -3.37. The lowest BCUT2D eigenvalue weighted by atomic mass is 10.1. The van der Waals surface area contributed by atoms with E-state index in [1.54, 1.807) is 24.3 Å². The normalized spacial score (nSPS) is 11.2. The Kier molecular flexibility index (Phi) is 4.87. The van der Waals surface area contributed by atoms with Crippen LogP contribution in [0.15, 0.2) is 48.8 Å².